The second-order valence-electron chi connectivity index (χ2n) is 7.91. The van der Waals surface area contributed by atoms with Crippen molar-refractivity contribution in [3.8, 4) is 0 Å². The molecule has 1 amide bonds. The summed E-state index contributed by atoms with van der Waals surface area (Å²) in [6.07, 6.45) is 0.558. The number of carbonyl (C=O) groups excluding carboxylic acids is 1. The standard InChI is InChI=1S/C16H31NO4/c1-14(2,3)19-10-11-20-16(7)8-9-17(12-16)13(18)21-15(4,5)6/h8-12H2,1-7H3. The summed E-state index contributed by atoms with van der Waals surface area (Å²) in [7, 11) is 0. The van der Waals surface area contributed by atoms with E-state index in [0.717, 1.165) is 6.42 Å². The number of carbonyl (C=O) groups is 1. The van der Waals surface area contributed by atoms with Gasteiger partial charge in [-0.15, -0.1) is 0 Å². The summed E-state index contributed by atoms with van der Waals surface area (Å²) in [5.41, 5.74) is -0.919. The minimum absolute atomic E-state index is 0.150. The second-order valence-corrected chi connectivity index (χ2v) is 7.91. The van der Waals surface area contributed by atoms with Gasteiger partial charge in [0.15, 0.2) is 0 Å². The van der Waals surface area contributed by atoms with Crippen molar-refractivity contribution >= 4 is 6.09 Å². The van der Waals surface area contributed by atoms with E-state index in [9.17, 15) is 4.79 Å². The lowest BCUT2D eigenvalue weighted by atomic mass is 10.1. The molecular weight excluding hydrogens is 270 g/mol. The zero-order chi connectivity index (χ0) is 16.3. The van der Waals surface area contributed by atoms with E-state index in [1.54, 1.807) is 4.90 Å². The summed E-state index contributed by atoms with van der Waals surface area (Å²) < 4.78 is 17.0. The van der Waals surface area contributed by atoms with Gasteiger partial charge in [0.25, 0.3) is 0 Å². The molecule has 124 valence electrons. The third kappa shape index (κ3) is 7.14. The van der Waals surface area contributed by atoms with Crippen LogP contribution in [0.4, 0.5) is 4.79 Å². The van der Waals surface area contributed by atoms with E-state index in [1.807, 2.05) is 48.5 Å². The Kier molecular flexibility index (Phi) is 5.67. The van der Waals surface area contributed by atoms with Gasteiger partial charge in [0.05, 0.1) is 31.0 Å². The summed E-state index contributed by atoms with van der Waals surface area (Å²) in [5.74, 6) is 0. The van der Waals surface area contributed by atoms with Crippen molar-refractivity contribution in [2.75, 3.05) is 26.3 Å². The average molecular weight is 301 g/mol. The van der Waals surface area contributed by atoms with Gasteiger partial charge in [-0.2, -0.15) is 0 Å². The molecule has 1 rings (SSSR count). The first-order valence-corrected chi connectivity index (χ1v) is 7.66. The summed E-state index contributed by atoms with van der Waals surface area (Å²) in [6, 6.07) is 0. The Morgan fingerprint density at radius 2 is 1.71 bits per heavy atom. The van der Waals surface area contributed by atoms with Crippen molar-refractivity contribution in [2.24, 2.45) is 0 Å². The molecule has 0 aromatic heterocycles. The molecule has 21 heavy (non-hydrogen) atoms. The quantitative estimate of drug-likeness (QED) is 0.748. The minimum atomic E-state index is -0.461. The molecule has 0 saturated carbocycles. The molecule has 0 radical (unpaired) electrons. The highest BCUT2D eigenvalue weighted by atomic mass is 16.6. The van der Waals surface area contributed by atoms with E-state index < -0.39 is 5.60 Å². The molecule has 0 N–H and O–H groups in total. The van der Waals surface area contributed by atoms with Crippen LogP contribution in [0.15, 0.2) is 0 Å². The van der Waals surface area contributed by atoms with Gasteiger partial charge in [-0.3, -0.25) is 0 Å². The number of hydrogen-bond acceptors (Lipinski definition) is 4. The molecule has 1 aliphatic heterocycles. The van der Waals surface area contributed by atoms with Crippen LogP contribution in [-0.4, -0.2) is 54.1 Å². The van der Waals surface area contributed by atoms with Crippen LogP contribution in [-0.2, 0) is 14.2 Å². The third-order valence-electron chi connectivity index (χ3n) is 3.16. The lowest BCUT2D eigenvalue weighted by molar-refractivity contribution is -0.0807. The van der Waals surface area contributed by atoms with Crippen LogP contribution in [0.2, 0.25) is 0 Å². The van der Waals surface area contributed by atoms with Crippen LogP contribution in [0, 0.1) is 0 Å². The van der Waals surface area contributed by atoms with Crippen LogP contribution in [0.1, 0.15) is 54.9 Å². The molecule has 0 spiro atoms. The third-order valence-corrected chi connectivity index (χ3v) is 3.16. The molecule has 1 atom stereocenters. The number of hydrogen-bond donors (Lipinski definition) is 0. The van der Waals surface area contributed by atoms with Crippen LogP contribution in [0.3, 0.4) is 0 Å². The molecule has 0 aromatic carbocycles. The normalized spacial score (nSPS) is 23.5. The molecular formula is C16H31NO4. The first-order chi connectivity index (χ1) is 9.40. The van der Waals surface area contributed by atoms with Crippen molar-refractivity contribution in [1.29, 1.82) is 0 Å². The van der Waals surface area contributed by atoms with Crippen LogP contribution in [0.25, 0.3) is 0 Å². The maximum atomic E-state index is 12.0. The zero-order valence-corrected chi connectivity index (χ0v) is 14.6. The largest absolute Gasteiger partial charge is 0.444 e. The number of likely N-dealkylation sites (tertiary alicyclic amines) is 1. The summed E-state index contributed by atoms with van der Waals surface area (Å²) >= 11 is 0. The van der Waals surface area contributed by atoms with Gasteiger partial charge in [-0.05, 0) is 54.9 Å². The Morgan fingerprint density at radius 1 is 1.10 bits per heavy atom. The Hall–Kier alpha value is -0.810. The summed E-state index contributed by atoms with van der Waals surface area (Å²) in [4.78, 5) is 13.8. The molecule has 5 heteroatoms. The van der Waals surface area contributed by atoms with E-state index in [1.165, 1.54) is 0 Å². The molecule has 0 aromatic rings. The van der Waals surface area contributed by atoms with Crippen LogP contribution >= 0.6 is 0 Å². The summed E-state index contributed by atoms with van der Waals surface area (Å²) in [5, 5.41) is 0. The second kappa shape index (κ2) is 6.53. The predicted molar refractivity (Wildman–Crippen MR) is 82.5 cm³/mol. The van der Waals surface area contributed by atoms with Crippen molar-refractivity contribution < 1.29 is 19.0 Å². The fraction of sp³-hybridized carbons (Fsp3) is 0.938. The first kappa shape index (κ1) is 18.2. The van der Waals surface area contributed by atoms with E-state index in [4.69, 9.17) is 14.2 Å². The molecule has 1 heterocycles. The smallest absolute Gasteiger partial charge is 0.410 e. The lowest BCUT2D eigenvalue weighted by Crippen LogP contribution is -2.39. The molecule has 1 aliphatic rings. The van der Waals surface area contributed by atoms with E-state index in [0.29, 0.717) is 26.3 Å². The maximum Gasteiger partial charge on any atom is 0.410 e. The SMILES string of the molecule is CC(C)(C)OCCOC1(C)CCN(C(=O)OC(C)(C)C)C1. The topological polar surface area (TPSA) is 48.0 Å². The van der Waals surface area contributed by atoms with E-state index in [-0.39, 0.29) is 17.3 Å². The Bertz CT molecular complexity index is 356. The summed E-state index contributed by atoms with van der Waals surface area (Å²) in [6.45, 7) is 16.1. The number of nitrogens with zero attached hydrogens (tertiary/aromatic N) is 1. The number of ether oxygens (including phenoxy) is 3. The Labute approximate surface area is 128 Å². The van der Waals surface area contributed by atoms with Gasteiger partial charge in [-0.25, -0.2) is 4.79 Å². The van der Waals surface area contributed by atoms with Crippen molar-refractivity contribution in [3.63, 3.8) is 0 Å². The number of rotatable bonds is 4. The highest BCUT2D eigenvalue weighted by Crippen LogP contribution is 2.26. The van der Waals surface area contributed by atoms with E-state index >= 15 is 0 Å². The molecule has 0 bridgehead atoms. The van der Waals surface area contributed by atoms with Crippen molar-refractivity contribution in [1.82, 2.24) is 4.90 Å². The Balaban J connectivity index is 2.36. The molecule has 1 unspecified atom stereocenters. The van der Waals surface area contributed by atoms with Gasteiger partial charge >= 0.3 is 6.09 Å². The highest BCUT2D eigenvalue weighted by molar-refractivity contribution is 5.68. The van der Waals surface area contributed by atoms with Gasteiger partial charge in [-0.1, -0.05) is 0 Å². The van der Waals surface area contributed by atoms with E-state index in [2.05, 4.69) is 0 Å². The fourth-order valence-corrected chi connectivity index (χ4v) is 2.17. The highest BCUT2D eigenvalue weighted by Gasteiger charge is 2.38. The minimum Gasteiger partial charge on any atom is -0.444 e. The predicted octanol–water partition coefficient (Wildman–Crippen LogP) is 3.22. The lowest BCUT2D eigenvalue weighted by Gasteiger charge is -2.28. The van der Waals surface area contributed by atoms with Gasteiger partial charge in [0.1, 0.15) is 5.60 Å². The van der Waals surface area contributed by atoms with Gasteiger partial charge < -0.3 is 19.1 Å². The average Bonchev–Trinajstić information content (AvgIpc) is 2.65. The molecule has 0 aliphatic carbocycles. The number of amides is 1. The van der Waals surface area contributed by atoms with Gasteiger partial charge in [0, 0.05) is 6.54 Å². The van der Waals surface area contributed by atoms with Crippen LogP contribution in [0.5, 0.6) is 0 Å². The maximum absolute atomic E-state index is 12.0. The fourth-order valence-electron chi connectivity index (χ4n) is 2.17. The molecule has 5 nitrogen and oxygen atoms in total. The van der Waals surface area contributed by atoms with Crippen LogP contribution < -0.4 is 0 Å². The zero-order valence-electron chi connectivity index (χ0n) is 14.6. The molecule has 1 fully saturated rings. The Morgan fingerprint density at radius 3 is 2.24 bits per heavy atom. The van der Waals surface area contributed by atoms with Gasteiger partial charge in [0.2, 0.25) is 0 Å². The van der Waals surface area contributed by atoms with Crippen molar-refractivity contribution in [3.05, 3.63) is 0 Å². The van der Waals surface area contributed by atoms with Crippen molar-refractivity contribution in [2.45, 2.75) is 71.7 Å². The first-order valence-electron chi connectivity index (χ1n) is 7.66. The molecule has 1 saturated heterocycles. The monoisotopic (exact) mass is 301 g/mol.